The van der Waals surface area contributed by atoms with E-state index in [1.165, 1.54) is 12.8 Å². The number of nitrogens with one attached hydrogen (secondary N) is 2. The zero-order valence-corrected chi connectivity index (χ0v) is 22.7. The minimum atomic E-state index is -4.72. The van der Waals surface area contributed by atoms with Crippen LogP contribution in [0.2, 0.25) is 0 Å². The van der Waals surface area contributed by atoms with Gasteiger partial charge in [-0.2, -0.15) is 18.3 Å². The van der Waals surface area contributed by atoms with Crippen molar-refractivity contribution in [3.63, 3.8) is 0 Å². The van der Waals surface area contributed by atoms with Crippen LogP contribution in [-0.2, 0) is 12.7 Å². The molecule has 1 saturated carbocycles. The maximum absolute atomic E-state index is 13.6. The van der Waals surface area contributed by atoms with E-state index in [1.807, 2.05) is 30.3 Å². The summed E-state index contributed by atoms with van der Waals surface area (Å²) in [4.78, 5) is 13.4. The largest absolute Gasteiger partial charge is 0.435 e. The summed E-state index contributed by atoms with van der Waals surface area (Å²) in [6, 6.07) is 29.2. The van der Waals surface area contributed by atoms with Gasteiger partial charge in [0.1, 0.15) is 5.69 Å². The summed E-state index contributed by atoms with van der Waals surface area (Å²) in [6.07, 6.45) is -2.31. The highest BCUT2D eigenvalue weighted by atomic mass is 19.4. The van der Waals surface area contributed by atoms with Gasteiger partial charge in [-0.3, -0.25) is 4.79 Å². The summed E-state index contributed by atoms with van der Waals surface area (Å²) in [5.41, 5.74) is 7.84. The van der Waals surface area contributed by atoms with Gasteiger partial charge in [0, 0.05) is 18.3 Å². The average Bonchev–Trinajstić information content (AvgIpc) is 3.70. The van der Waals surface area contributed by atoms with Crippen molar-refractivity contribution in [2.75, 3.05) is 11.9 Å². The predicted octanol–water partition coefficient (Wildman–Crippen LogP) is 6.84. The lowest BCUT2D eigenvalue weighted by molar-refractivity contribution is -0.141. The topological polar surface area (TPSA) is 85.0 Å². The van der Waals surface area contributed by atoms with Gasteiger partial charge < -0.3 is 16.4 Å². The van der Waals surface area contributed by atoms with Crippen LogP contribution in [0.1, 0.15) is 51.8 Å². The van der Waals surface area contributed by atoms with Crippen LogP contribution in [0.25, 0.3) is 16.5 Å². The molecule has 0 spiro atoms. The molecular formula is C33H30F3N5O. The van der Waals surface area contributed by atoms with Crippen molar-refractivity contribution in [2.45, 2.75) is 31.6 Å². The van der Waals surface area contributed by atoms with Crippen molar-refractivity contribution in [2.24, 2.45) is 11.7 Å². The zero-order chi connectivity index (χ0) is 29.3. The third-order valence-corrected chi connectivity index (χ3v) is 7.52. The number of anilines is 1. The van der Waals surface area contributed by atoms with E-state index in [2.05, 4.69) is 46.1 Å². The lowest BCUT2D eigenvalue weighted by atomic mass is 9.95. The molecule has 1 amide bonds. The molecule has 6 nitrogen and oxygen atoms in total. The number of benzene rings is 4. The number of amides is 1. The summed E-state index contributed by atoms with van der Waals surface area (Å²) < 4.78 is 41.9. The van der Waals surface area contributed by atoms with E-state index in [4.69, 9.17) is 5.73 Å². The van der Waals surface area contributed by atoms with Crippen LogP contribution in [0.5, 0.6) is 0 Å². The highest BCUT2D eigenvalue weighted by Gasteiger charge is 2.36. The number of nitrogens with two attached hydrogens (primary N) is 1. The highest BCUT2D eigenvalue weighted by Crippen LogP contribution is 2.33. The summed E-state index contributed by atoms with van der Waals surface area (Å²) in [5.74, 6) is -0.0572. The molecule has 1 heterocycles. The van der Waals surface area contributed by atoms with Crippen LogP contribution in [0.15, 0.2) is 97.1 Å². The number of aromatic nitrogens is 2. The van der Waals surface area contributed by atoms with Gasteiger partial charge in [0.25, 0.3) is 5.91 Å². The average molecular weight is 570 g/mol. The molecular weight excluding hydrogens is 539 g/mol. The lowest BCUT2D eigenvalue weighted by Crippen LogP contribution is -2.25. The molecule has 0 bridgehead atoms. The molecule has 1 fully saturated rings. The van der Waals surface area contributed by atoms with Gasteiger partial charge in [0.2, 0.25) is 0 Å². The first-order valence-corrected chi connectivity index (χ1v) is 13.9. The van der Waals surface area contributed by atoms with Crippen LogP contribution in [-0.4, -0.2) is 22.2 Å². The Hall–Kier alpha value is -4.47. The van der Waals surface area contributed by atoms with Crippen molar-refractivity contribution in [3.8, 4) is 5.69 Å². The minimum Gasteiger partial charge on any atom is -0.326 e. The molecule has 0 saturated heterocycles. The molecule has 42 heavy (non-hydrogen) atoms. The van der Waals surface area contributed by atoms with Crippen molar-refractivity contribution in [1.29, 1.82) is 0 Å². The maximum atomic E-state index is 13.6. The maximum Gasteiger partial charge on any atom is 0.435 e. The fourth-order valence-corrected chi connectivity index (χ4v) is 5.11. The second kappa shape index (κ2) is 11.4. The monoisotopic (exact) mass is 569 g/mol. The van der Waals surface area contributed by atoms with E-state index < -0.39 is 17.8 Å². The Bertz CT molecular complexity index is 1740. The molecule has 9 heteroatoms. The second-order valence-corrected chi connectivity index (χ2v) is 10.7. The van der Waals surface area contributed by atoms with Crippen LogP contribution in [0.4, 0.5) is 18.9 Å². The number of rotatable bonds is 9. The number of hydrogen-bond donors (Lipinski definition) is 3. The van der Waals surface area contributed by atoms with Gasteiger partial charge in [-0.15, -0.1) is 0 Å². The van der Waals surface area contributed by atoms with E-state index in [0.29, 0.717) is 22.9 Å². The third kappa shape index (κ3) is 6.07. The van der Waals surface area contributed by atoms with E-state index in [9.17, 15) is 18.0 Å². The fourth-order valence-electron chi connectivity index (χ4n) is 5.11. The quantitative estimate of drug-likeness (QED) is 0.181. The van der Waals surface area contributed by atoms with Crippen molar-refractivity contribution in [1.82, 2.24) is 15.1 Å². The van der Waals surface area contributed by atoms with Gasteiger partial charge in [0.15, 0.2) is 5.69 Å². The Labute approximate surface area is 241 Å². The van der Waals surface area contributed by atoms with Crippen molar-refractivity contribution in [3.05, 3.63) is 125 Å². The molecule has 214 valence electrons. The second-order valence-electron chi connectivity index (χ2n) is 10.7. The first-order valence-electron chi connectivity index (χ1n) is 13.9. The SMILES string of the molecule is NCc1cccc(-n2nc(C(F)(F)F)cc2C(=O)Nc2cccc(C(NCC3CC3)c3ccc4ccccc4c3)c2)c1. The summed E-state index contributed by atoms with van der Waals surface area (Å²) in [7, 11) is 0. The molecule has 4 aromatic carbocycles. The first-order chi connectivity index (χ1) is 20.3. The van der Waals surface area contributed by atoms with E-state index in [1.54, 1.807) is 30.3 Å². The molecule has 4 N–H and O–H groups in total. The molecule has 0 aliphatic heterocycles. The Morgan fingerprint density at radius 3 is 2.43 bits per heavy atom. The zero-order valence-electron chi connectivity index (χ0n) is 22.7. The Kier molecular flexibility index (Phi) is 7.53. The Balaban J connectivity index is 1.32. The highest BCUT2D eigenvalue weighted by molar-refractivity contribution is 6.03. The molecule has 5 aromatic rings. The van der Waals surface area contributed by atoms with Crippen LogP contribution in [0, 0.1) is 5.92 Å². The van der Waals surface area contributed by atoms with Crippen molar-refractivity contribution < 1.29 is 18.0 Å². The van der Waals surface area contributed by atoms with Gasteiger partial charge in [0.05, 0.1) is 11.7 Å². The van der Waals surface area contributed by atoms with E-state index >= 15 is 0 Å². The molecule has 1 aliphatic carbocycles. The van der Waals surface area contributed by atoms with Gasteiger partial charge in [-0.05, 0) is 83.1 Å². The normalized spacial score (nSPS) is 14.2. The third-order valence-electron chi connectivity index (χ3n) is 7.52. The van der Waals surface area contributed by atoms with Crippen LogP contribution >= 0.6 is 0 Å². The molecule has 1 aromatic heterocycles. The van der Waals surface area contributed by atoms with Gasteiger partial charge in [-0.25, -0.2) is 4.68 Å². The number of carbonyl (C=O) groups excluding carboxylic acids is 1. The Morgan fingerprint density at radius 2 is 1.67 bits per heavy atom. The van der Waals surface area contributed by atoms with Crippen LogP contribution < -0.4 is 16.4 Å². The molecule has 1 unspecified atom stereocenters. The molecule has 6 rings (SSSR count). The van der Waals surface area contributed by atoms with Gasteiger partial charge in [-0.1, -0.05) is 60.7 Å². The Morgan fingerprint density at radius 1 is 0.905 bits per heavy atom. The van der Waals surface area contributed by atoms with Crippen molar-refractivity contribution >= 4 is 22.4 Å². The standard InChI is InChI=1S/C33H30F3N5O/c34-33(35,36)30-18-29(41(40-30)28-10-3-5-22(15-28)19-37)32(42)39-27-9-4-8-25(17-27)31(38-20-21-11-12-21)26-14-13-23-6-1-2-7-24(23)16-26/h1-10,13-18,21,31,38H,11-12,19-20,37H2,(H,39,42). The van der Waals surface area contributed by atoms with Gasteiger partial charge >= 0.3 is 6.18 Å². The summed E-state index contributed by atoms with van der Waals surface area (Å²) >= 11 is 0. The molecule has 1 aliphatic rings. The fraction of sp³-hybridized carbons (Fsp3) is 0.212. The summed E-state index contributed by atoms with van der Waals surface area (Å²) in [6.45, 7) is 1.07. The van der Waals surface area contributed by atoms with E-state index in [0.717, 1.165) is 39.2 Å². The number of carbonyl (C=O) groups is 1. The lowest BCUT2D eigenvalue weighted by Gasteiger charge is -2.21. The predicted molar refractivity (Wildman–Crippen MR) is 157 cm³/mol. The molecule has 0 radical (unpaired) electrons. The number of halogens is 3. The number of nitrogens with zero attached hydrogens (tertiary/aromatic N) is 2. The smallest absolute Gasteiger partial charge is 0.326 e. The van der Waals surface area contributed by atoms with E-state index in [-0.39, 0.29) is 18.3 Å². The number of hydrogen-bond acceptors (Lipinski definition) is 4. The molecule has 1 atom stereocenters. The first kappa shape index (κ1) is 27.7. The minimum absolute atomic E-state index is 0.131. The number of alkyl halides is 3. The number of fused-ring (bicyclic) bond motifs is 1. The summed E-state index contributed by atoms with van der Waals surface area (Å²) in [5, 5.41) is 12.5. The van der Waals surface area contributed by atoms with Crippen LogP contribution in [0.3, 0.4) is 0 Å².